The summed E-state index contributed by atoms with van der Waals surface area (Å²) < 4.78 is 0. The number of hydrogen-bond donors (Lipinski definition) is 1. The Bertz CT molecular complexity index is 883. The molecule has 2 amide bonds. The number of amides is 2. The number of fused-ring (bicyclic) bond motifs is 4. The summed E-state index contributed by atoms with van der Waals surface area (Å²) in [6, 6.07) is -0.153. The summed E-state index contributed by atoms with van der Waals surface area (Å²) in [7, 11) is 0. The average Bonchev–Trinajstić information content (AvgIpc) is 2.80. The minimum Gasteiger partial charge on any atom is -0.351 e. The van der Waals surface area contributed by atoms with Crippen molar-refractivity contribution >= 4 is 11.8 Å². The van der Waals surface area contributed by atoms with Crippen LogP contribution in [-0.4, -0.2) is 63.3 Å². The standard InChI is InChI=1S/C25H35N5O2/c1-17-26-12-19(13-27-17)14-29-15-20-10-21(16-29)24(30-22(20)8-5-9-23(30)31)25(32)28-11-18-6-3-2-4-7-18/h6,12-13,20-22,24H,2-5,7-11,14-16H2,1H3,(H,28,32)/t20-,21+,22-,24+/m0/s1. The molecule has 1 N–H and O–H groups in total. The van der Waals surface area contributed by atoms with E-state index in [1.165, 1.54) is 18.4 Å². The maximum atomic E-state index is 13.5. The number of carbonyl (C=O) groups is 2. The Balaban J connectivity index is 1.33. The van der Waals surface area contributed by atoms with Crippen molar-refractivity contribution in [2.75, 3.05) is 19.6 Å². The van der Waals surface area contributed by atoms with Gasteiger partial charge in [0.1, 0.15) is 11.9 Å². The highest BCUT2D eigenvalue weighted by molar-refractivity contribution is 5.89. The fraction of sp³-hybridized carbons (Fsp3) is 0.680. The van der Waals surface area contributed by atoms with Gasteiger partial charge in [0.2, 0.25) is 11.8 Å². The second kappa shape index (κ2) is 9.30. The third kappa shape index (κ3) is 4.45. The van der Waals surface area contributed by atoms with Gasteiger partial charge in [0.05, 0.1) is 0 Å². The molecule has 1 aromatic rings. The van der Waals surface area contributed by atoms with Crippen molar-refractivity contribution in [1.82, 2.24) is 25.1 Å². The molecule has 4 heterocycles. The van der Waals surface area contributed by atoms with E-state index in [1.807, 2.05) is 24.2 Å². The SMILES string of the molecule is Cc1ncc(CN2C[C@@H]3C[C@H](C2)[C@H](C(=O)NCC2=CCCCC2)N2C(=O)CCC[C@@H]32)cn1. The van der Waals surface area contributed by atoms with Crippen LogP contribution < -0.4 is 5.32 Å². The Kier molecular flexibility index (Phi) is 6.26. The normalized spacial score (nSPS) is 30.5. The Morgan fingerprint density at radius 2 is 1.94 bits per heavy atom. The number of allylic oxidation sites excluding steroid dienone is 1. The molecule has 2 bridgehead atoms. The predicted octanol–water partition coefficient (Wildman–Crippen LogP) is 2.60. The number of rotatable bonds is 5. The molecular formula is C25H35N5O2. The van der Waals surface area contributed by atoms with Gasteiger partial charge in [-0.15, -0.1) is 0 Å². The highest BCUT2D eigenvalue weighted by Gasteiger charge is 2.51. The molecule has 7 heteroatoms. The second-order valence-electron chi connectivity index (χ2n) is 10.1. The van der Waals surface area contributed by atoms with Crippen molar-refractivity contribution in [3.05, 3.63) is 35.4 Å². The largest absolute Gasteiger partial charge is 0.351 e. The van der Waals surface area contributed by atoms with E-state index in [0.29, 0.717) is 18.9 Å². The summed E-state index contributed by atoms with van der Waals surface area (Å²) in [5.74, 6) is 1.62. The zero-order valence-electron chi connectivity index (χ0n) is 19.1. The molecule has 4 aliphatic rings. The molecule has 0 spiro atoms. The first kappa shape index (κ1) is 21.6. The number of nitrogens with zero attached hydrogens (tertiary/aromatic N) is 4. The van der Waals surface area contributed by atoms with Crippen molar-refractivity contribution in [2.24, 2.45) is 11.8 Å². The molecule has 3 saturated heterocycles. The number of hydrogen-bond acceptors (Lipinski definition) is 5. The molecule has 0 saturated carbocycles. The summed E-state index contributed by atoms with van der Waals surface area (Å²) >= 11 is 0. The van der Waals surface area contributed by atoms with Crippen molar-refractivity contribution in [3.63, 3.8) is 0 Å². The van der Waals surface area contributed by atoms with Crippen molar-refractivity contribution in [3.8, 4) is 0 Å². The molecule has 1 aliphatic carbocycles. The molecular weight excluding hydrogens is 402 g/mol. The second-order valence-corrected chi connectivity index (χ2v) is 10.1. The summed E-state index contributed by atoms with van der Waals surface area (Å²) in [6.07, 6.45) is 14.3. The summed E-state index contributed by atoms with van der Waals surface area (Å²) in [6.45, 7) is 5.13. The predicted molar refractivity (Wildman–Crippen MR) is 121 cm³/mol. The lowest BCUT2D eigenvalue weighted by molar-refractivity contribution is -0.160. The van der Waals surface area contributed by atoms with E-state index in [0.717, 1.165) is 63.1 Å². The maximum Gasteiger partial charge on any atom is 0.243 e. The van der Waals surface area contributed by atoms with E-state index in [1.54, 1.807) is 0 Å². The van der Waals surface area contributed by atoms with E-state index in [-0.39, 0.29) is 29.8 Å². The Hall–Kier alpha value is -2.28. The highest BCUT2D eigenvalue weighted by Crippen LogP contribution is 2.42. The number of piperidine rings is 3. The quantitative estimate of drug-likeness (QED) is 0.717. The van der Waals surface area contributed by atoms with E-state index in [9.17, 15) is 9.59 Å². The third-order valence-corrected chi connectivity index (χ3v) is 7.80. The number of aromatic nitrogens is 2. The lowest BCUT2D eigenvalue weighted by atomic mass is 9.71. The Labute approximate surface area is 190 Å². The van der Waals surface area contributed by atoms with Crippen LogP contribution in [0, 0.1) is 18.8 Å². The molecule has 0 unspecified atom stereocenters. The van der Waals surface area contributed by atoms with Gasteiger partial charge < -0.3 is 10.2 Å². The molecule has 5 rings (SSSR count). The first-order valence-electron chi connectivity index (χ1n) is 12.3. The van der Waals surface area contributed by atoms with Crippen LogP contribution in [0.25, 0.3) is 0 Å². The molecule has 0 aromatic carbocycles. The smallest absolute Gasteiger partial charge is 0.243 e. The number of nitrogens with one attached hydrogen (secondary N) is 1. The number of aryl methyl sites for hydroxylation is 1. The average molecular weight is 438 g/mol. The topological polar surface area (TPSA) is 78.4 Å². The summed E-state index contributed by atoms with van der Waals surface area (Å²) in [5.41, 5.74) is 2.45. The molecule has 3 aliphatic heterocycles. The first-order chi connectivity index (χ1) is 15.6. The molecule has 4 atom stereocenters. The van der Waals surface area contributed by atoms with Crippen LogP contribution in [0.2, 0.25) is 0 Å². The molecule has 0 radical (unpaired) electrons. The van der Waals surface area contributed by atoms with Gasteiger partial charge in [0, 0.05) is 62.5 Å². The zero-order valence-corrected chi connectivity index (χ0v) is 19.1. The first-order valence-corrected chi connectivity index (χ1v) is 12.3. The van der Waals surface area contributed by atoms with Gasteiger partial charge in [0.25, 0.3) is 0 Å². The zero-order chi connectivity index (χ0) is 22.1. The minimum absolute atomic E-state index is 0.0423. The van der Waals surface area contributed by atoms with Crippen molar-refractivity contribution in [2.45, 2.75) is 76.9 Å². The van der Waals surface area contributed by atoms with Gasteiger partial charge in [-0.3, -0.25) is 14.5 Å². The third-order valence-electron chi connectivity index (χ3n) is 7.80. The molecule has 7 nitrogen and oxygen atoms in total. The van der Waals surface area contributed by atoms with Crippen LogP contribution in [0.1, 0.15) is 62.8 Å². The van der Waals surface area contributed by atoms with E-state index >= 15 is 0 Å². The van der Waals surface area contributed by atoms with Crippen LogP contribution in [0.3, 0.4) is 0 Å². The van der Waals surface area contributed by atoms with Crippen LogP contribution in [0.4, 0.5) is 0 Å². The molecule has 172 valence electrons. The van der Waals surface area contributed by atoms with Gasteiger partial charge in [-0.25, -0.2) is 9.97 Å². The molecule has 32 heavy (non-hydrogen) atoms. The van der Waals surface area contributed by atoms with Crippen molar-refractivity contribution < 1.29 is 9.59 Å². The van der Waals surface area contributed by atoms with E-state index in [2.05, 4.69) is 26.3 Å². The van der Waals surface area contributed by atoms with Gasteiger partial charge in [-0.1, -0.05) is 11.6 Å². The lowest BCUT2D eigenvalue weighted by Gasteiger charge is -2.55. The highest BCUT2D eigenvalue weighted by atomic mass is 16.2. The fourth-order valence-corrected chi connectivity index (χ4v) is 6.35. The maximum absolute atomic E-state index is 13.5. The number of carbonyl (C=O) groups excluding carboxylic acids is 2. The monoisotopic (exact) mass is 437 g/mol. The van der Waals surface area contributed by atoms with Crippen molar-refractivity contribution in [1.29, 1.82) is 0 Å². The fourth-order valence-electron chi connectivity index (χ4n) is 6.35. The number of likely N-dealkylation sites (tertiary alicyclic amines) is 1. The van der Waals surface area contributed by atoms with Gasteiger partial charge >= 0.3 is 0 Å². The van der Waals surface area contributed by atoms with Gasteiger partial charge in [0.15, 0.2) is 0 Å². The lowest BCUT2D eigenvalue weighted by Crippen LogP contribution is -2.68. The van der Waals surface area contributed by atoms with E-state index in [4.69, 9.17) is 0 Å². The van der Waals surface area contributed by atoms with Crippen LogP contribution in [0.5, 0.6) is 0 Å². The summed E-state index contributed by atoms with van der Waals surface area (Å²) in [4.78, 5) is 39.6. The van der Waals surface area contributed by atoms with E-state index < -0.39 is 0 Å². The van der Waals surface area contributed by atoms with Crippen LogP contribution in [-0.2, 0) is 16.1 Å². The molecule has 3 fully saturated rings. The Morgan fingerprint density at radius 1 is 1.12 bits per heavy atom. The van der Waals surface area contributed by atoms with Gasteiger partial charge in [-0.05, 0) is 57.8 Å². The minimum atomic E-state index is -0.342. The van der Waals surface area contributed by atoms with Gasteiger partial charge in [-0.2, -0.15) is 0 Å². The van der Waals surface area contributed by atoms with Crippen LogP contribution in [0.15, 0.2) is 24.0 Å². The Morgan fingerprint density at radius 3 is 2.72 bits per heavy atom. The van der Waals surface area contributed by atoms with Crippen LogP contribution >= 0.6 is 0 Å². The molecule has 1 aromatic heterocycles. The summed E-state index contributed by atoms with van der Waals surface area (Å²) in [5, 5.41) is 3.21.